The van der Waals surface area contributed by atoms with Crippen LogP contribution < -0.4 is 0 Å². The standard InChI is InChI=1S/C25H35NO4S/c1-7-8-9-10-19-16-22(27)23(21-15-18(4)11-12-20(21)17(2)3)24(28)25(19)31(29,30)14-13-26(5)6/h11-12,15-16,27-28H,2,7-10,13-14H2,1,3-6H3. The third-order valence-corrected chi connectivity index (χ3v) is 7.18. The Labute approximate surface area is 187 Å². The van der Waals surface area contributed by atoms with Gasteiger partial charge in [0.05, 0.1) is 11.3 Å². The Balaban J connectivity index is 2.79. The van der Waals surface area contributed by atoms with Gasteiger partial charge in [0.1, 0.15) is 16.4 Å². The van der Waals surface area contributed by atoms with Gasteiger partial charge >= 0.3 is 0 Å². The molecule has 0 bridgehead atoms. The first-order valence-electron chi connectivity index (χ1n) is 10.7. The Hall–Kier alpha value is -2.31. The zero-order valence-electron chi connectivity index (χ0n) is 19.3. The highest BCUT2D eigenvalue weighted by molar-refractivity contribution is 7.91. The van der Waals surface area contributed by atoms with Crippen molar-refractivity contribution in [1.82, 2.24) is 4.90 Å². The van der Waals surface area contributed by atoms with Crippen molar-refractivity contribution in [3.05, 3.63) is 47.5 Å². The van der Waals surface area contributed by atoms with Crippen LogP contribution in [-0.2, 0) is 16.3 Å². The smallest absolute Gasteiger partial charge is 0.183 e. The number of allylic oxidation sites excluding steroid dienone is 1. The van der Waals surface area contributed by atoms with Crippen molar-refractivity contribution in [1.29, 1.82) is 0 Å². The van der Waals surface area contributed by atoms with E-state index in [-0.39, 0.29) is 27.7 Å². The van der Waals surface area contributed by atoms with Crippen LogP contribution in [0.4, 0.5) is 0 Å². The maximum absolute atomic E-state index is 13.3. The quantitative estimate of drug-likeness (QED) is 0.493. The Morgan fingerprint density at radius 3 is 2.39 bits per heavy atom. The summed E-state index contributed by atoms with van der Waals surface area (Å²) in [6.45, 7) is 10.2. The molecule has 2 rings (SSSR count). The molecule has 0 aliphatic heterocycles. The summed E-state index contributed by atoms with van der Waals surface area (Å²) in [5, 5.41) is 22.2. The third kappa shape index (κ3) is 5.89. The molecule has 0 atom stereocenters. The number of hydrogen-bond donors (Lipinski definition) is 2. The average Bonchev–Trinajstić information content (AvgIpc) is 2.66. The number of benzene rings is 2. The number of rotatable bonds is 10. The van der Waals surface area contributed by atoms with Crippen LogP contribution in [0.1, 0.15) is 49.8 Å². The van der Waals surface area contributed by atoms with Crippen LogP contribution in [0.3, 0.4) is 0 Å². The predicted molar refractivity (Wildman–Crippen MR) is 128 cm³/mol. The van der Waals surface area contributed by atoms with Crippen LogP contribution in [0.5, 0.6) is 11.5 Å². The van der Waals surface area contributed by atoms with Gasteiger partial charge in [-0.2, -0.15) is 0 Å². The molecule has 2 N–H and O–H groups in total. The maximum atomic E-state index is 13.3. The van der Waals surface area contributed by atoms with E-state index in [0.29, 0.717) is 24.1 Å². The van der Waals surface area contributed by atoms with Crippen LogP contribution in [0, 0.1) is 6.92 Å². The Morgan fingerprint density at radius 1 is 1.13 bits per heavy atom. The molecule has 0 spiro atoms. The normalized spacial score (nSPS) is 11.8. The molecule has 0 aromatic heterocycles. The highest BCUT2D eigenvalue weighted by atomic mass is 32.2. The van der Waals surface area contributed by atoms with Crippen molar-refractivity contribution >= 4 is 15.4 Å². The van der Waals surface area contributed by atoms with Crippen LogP contribution in [0.15, 0.2) is 35.7 Å². The first kappa shape index (κ1) is 25.0. The molecule has 0 aliphatic carbocycles. The summed E-state index contributed by atoms with van der Waals surface area (Å²) >= 11 is 0. The maximum Gasteiger partial charge on any atom is 0.183 e. The van der Waals surface area contributed by atoms with Gasteiger partial charge in [-0.1, -0.05) is 55.7 Å². The Kier molecular flexibility index (Phi) is 8.32. The molecule has 0 fully saturated rings. The molecule has 6 heteroatoms. The molecule has 0 heterocycles. The van der Waals surface area contributed by atoms with Gasteiger partial charge in [0.25, 0.3) is 0 Å². The van der Waals surface area contributed by atoms with Crippen molar-refractivity contribution in [3.63, 3.8) is 0 Å². The van der Waals surface area contributed by atoms with Gasteiger partial charge in [0, 0.05) is 6.54 Å². The minimum atomic E-state index is -3.77. The molecule has 0 radical (unpaired) electrons. The van der Waals surface area contributed by atoms with E-state index in [0.717, 1.165) is 36.0 Å². The van der Waals surface area contributed by atoms with Gasteiger partial charge in [-0.3, -0.25) is 0 Å². The van der Waals surface area contributed by atoms with E-state index < -0.39 is 9.84 Å². The zero-order chi connectivity index (χ0) is 23.3. The summed E-state index contributed by atoms with van der Waals surface area (Å²) in [5.41, 5.74) is 3.64. The second kappa shape index (κ2) is 10.3. The third-order valence-electron chi connectivity index (χ3n) is 5.38. The Morgan fingerprint density at radius 2 is 1.81 bits per heavy atom. The summed E-state index contributed by atoms with van der Waals surface area (Å²) in [4.78, 5) is 1.74. The van der Waals surface area contributed by atoms with Gasteiger partial charge in [0.15, 0.2) is 9.84 Å². The molecule has 31 heavy (non-hydrogen) atoms. The number of phenols is 2. The summed E-state index contributed by atoms with van der Waals surface area (Å²) in [5.74, 6) is -0.610. The van der Waals surface area contributed by atoms with Crippen molar-refractivity contribution in [2.24, 2.45) is 0 Å². The summed E-state index contributed by atoms with van der Waals surface area (Å²) in [6, 6.07) is 7.15. The SMILES string of the molecule is C=C(C)c1ccc(C)cc1-c1c(O)cc(CCCCC)c(S(=O)(=O)CCN(C)C)c1O. The molecule has 0 saturated heterocycles. The molecule has 170 valence electrons. The second-order valence-corrected chi connectivity index (χ2v) is 10.6. The topological polar surface area (TPSA) is 77.8 Å². The van der Waals surface area contributed by atoms with Gasteiger partial charge in [0.2, 0.25) is 0 Å². The first-order valence-corrected chi connectivity index (χ1v) is 12.4. The van der Waals surface area contributed by atoms with Crippen molar-refractivity contribution in [2.45, 2.75) is 51.3 Å². The van der Waals surface area contributed by atoms with Gasteiger partial charge in [-0.05, 0) is 63.5 Å². The molecule has 5 nitrogen and oxygen atoms in total. The first-order chi connectivity index (χ1) is 14.5. The lowest BCUT2D eigenvalue weighted by atomic mass is 9.91. The molecule has 0 aliphatic rings. The number of hydrogen-bond acceptors (Lipinski definition) is 5. The fourth-order valence-electron chi connectivity index (χ4n) is 3.70. The van der Waals surface area contributed by atoms with Gasteiger partial charge < -0.3 is 15.1 Å². The monoisotopic (exact) mass is 445 g/mol. The van der Waals surface area contributed by atoms with E-state index in [1.54, 1.807) is 4.90 Å². The number of sulfone groups is 1. The minimum absolute atomic E-state index is 0.0626. The molecule has 0 saturated carbocycles. The molecule has 2 aromatic rings. The van der Waals surface area contributed by atoms with Crippen molar-refractivity contribution in [2.75, 3.05) is 26.4 Å². The number of nitrogens with zero attached hydrogens (tertiary/aromatic N) is 1. The van der Waals surface area contributed by atoms with Crippen LogP contribution in [0.25, 0.3) is 16.7 Å². The summed E-state index contributed by atoms with van der Waals surface area (Å²) < 4.78 is 26.6. The zero-order valence-corrected chi connectivity index (χ0v) is 20.1. The lowest BCUT2D eigenvalue weighted by Crippen LogP contribution is -2.23. The second-order valence-electron chi connectivity index (χ2n) is 8.52. The predicted octanol–water partition coefficient (Wildman–Crippen LogP) is 5.17. The Bertz CT molecular complexity index is 1060. The fourth-order valence-corrected chi connectivity index (χ4v) is 5.46. The molecule has 2 aromatic carbocycles. The number of aromatic hydroxyl groups is 2. The number of aryl methyl sites for hydroxylation is 2. The van der Waals surface area contributed by atoms with E-state index in [9.17, 15) is 18.6 Å². The largest absolute Gasteiger partial charge is 0.507 e. The van der Waals surface area contributed by atoms with Crippen molar-refractivity contribution in [3.8, 4) is 22.6 Å². The number of phenolic OH excluding ortho intramolecular Hbond substituents is 2. The molecule has 0 amide bonds. The number of unbranched alkanes of at least 4 members (excludes halogenated alkanes) is 2. The molecular formula is C25H35NO4S. The van der Waals surface area contributed by atoms with E-state index in [1.807, 2.05) is 46.1 Å². The lowest BCUT2D eigenvalue weighted by molar-refractivity contribution is 0.428. The van der Waals surface area contributed by atoms with E-state index >= 15 is 0 Å². The van der Waals surface area contributed by atoms with Crippen molar-refractivity contribution < 1.29 is 18.6 Å². The molecular weight excluding hydrogens is 410 g/mol. The lowest BCUT2D eigenvalue weighted by Gasteiger charge is -2.20. The summed E-state index contributed by atoms with van der Waals surface area (Å²) in [7, 11) is -0.147. The van der Waals surface area contributed by atoms with Gasteiger partial charge in [-0.15, -0.1) is 0 Å². The highest BCUT2D eigenvalue weighted by Crippen LogP contribution is 2.46. The van der Waals surface area contributed by atoms with Crippen LogP contribution in [-0.4, -0.2) is 49.9 Å². The minimum Gasteiger partial charge on any atom is -0.507 e. The average molecular weight is 446 g/mol. The molecule has 0 unspecified atom stereocenters. The highest BCUT2D eigenvalue weighted by Gasteiger charge is 2.29. The van der Waals surface area contributed by atoms with E-state index in [2.05, 4.69) is 13.5 Å². The van der Waals surface area contributed by atoms with Crippen LogP contribution >= 0.6 is 0 Å². The van der Waals surface area contributed by atoms with E-state index in [1.165, 1.54) is 6.07 Å². The van der Waals surface area contributed by atoms with Gasteiger partial charge in [-0.25, -0.2) is 8.42 Å². The fraction of sp³-hybridized carbons (Fsp3) is 0.440. The van der Waals surface area contributed by atoms with E-state index in [4.69, 9.17) is 0 Å². The van der Waals surface area contributed by atoms with Crippen LogP contribution in [0.2, 0.25) is 0 Å². The summed E-state index contributed by atoms with van der Waals surface area (Å²) in [6.07, 6.45) is 3.20.